The summed E-state index contributed by atoms with van der Waals surface area (Å²) in [6.45, 7) is 2.20. The van der Waals surface area contributed by atoms with Crippen LogP contribution >= 0.6 is 0 Å². The van der Waals surface area contributed by atoms with Crippen molar-refractivity contribution >= 4 is 22.3 Å². The molecule has 3 rings (SSSR count). The molecule has 2 aromatic rings. The predicted octanol–water partition coefficient (Wildman–Crippen LogP) is 3.16. The van der Waals surface area contributed by atoms with Gasteiger partial charge < -0.3 is 9.88 Å². The molecule has 3 heterocycles. The Hall–Kier alpha value is -2.84. The number of amides is 1. The van der Waals surface area contributed by atoms with E-state index in [1.54, 1.807) is 5.32 Å². The Morgan fingerprint density at radius 2 is 1.88 bits per heavy atom. The van der Waals surface area contributed by atoms with E-state index in [-0.39, 0.29) is 58.5 Å². The van der Waals surface area contributed by atoms with Crippen molar-refractivity contribution in [2.75, 3.05) is 5.75 Å². The summed E-state index contributed by atoms with van der Waals surface area (Å²) in [4.78, 5) is 14.4. The fraction of sp³-hybridized carbons (Fsp3) is 0.526. The first-order chi connectivity index (χ1) is 15.6. The van der Waals surface area contributed by atoms with E-state index in [0.29, 0.717) is 6.08 Å². The van der Waals surface area contributed by atoms with E-state index in [2.05, 4.69) is 10.1 Å². The maximum Gasteiger partial charge on any atom is 0.431 e. The van der Waals surface area contributed by atoms with Gasteiger partial charge in [0.2, 0.25) is 6.41 Å². The normalized spacial score (nSPS) is 17.6. The van der Waals surface area contributed by atoms with Crippen molar-refractivity contribution in [1.82, 2.24) is 24.6 Å². The number of imidazole rings is 1. The molecule has 15 heteroatoms. The number of nitrogens with one attached hydrogen (secondary N) is 1. The molecule has 1 unspecified atom stereocenters. The molecular weight excluding hydrogens is 492 g/mol. The fourth-order valence-corrected chi connectivity index (χ4v) is 5.01. The second-order valence-electron chi connectivity index (χ2n) is 7.77. The number of halogens is 6. The third kappa shape index (κ3) is 4.70. The lowest BCUT2D eigenvalue weighted by Gasteiger charge is -2.25. The number of allylic oxidation sites excluding steroid dienone is 1. The first-order valence-electron chi connectivity index (χ1n) is 10.0. The van der Waals surface area contributed by atoms with Crippen LogP contribution < -0.4 is 5.32 Å². The van der Waals surface area contributed by atoms with Gasteiger partial charge in [0, 0.05) is 12.7 Å². The van der Waals surface area contributed by atoms with Crippen molar-refractivity contribution in [3.8, 4) is 11.5 Å². The molecule has 8 nitrogen and oxygen atoms in total. The van der Waals surface area contributed by atoms with Crippen LogP contribution in [-0.4, -0.2) is 52.3 Å². The number of hydrogen-bond acceptors (Lipinski definition) is 5. The molecule has 1 N–H and O–H groups in total. The number of carbonyl (C=O) groups is 1. The molecule has 0 saturated carbocycles. The van der Waals surface area contributed by atoms with Crippen LogP contribution in [0.25, 0.3) is 17.6 Å². The molecule has 1 aliphatic heterocycles. The van der Waals surface area contributed by atoms with Gasteiger partial charge in [0.1, 0.15) is 16.3 Å². The highest BCUT2D eigenvalue weighted by atomic mass is 32.2. The van der Waals surface area contributed by atoms with Crippen LogP contribution in [-0.2, 0) is 34.6 Å². The number of sulfone groups is 1. The van der Waals surface area contributed by atoms with Crippen LogP contribution in [0.3, 0.4) is 0 Å². The average Bonchev–Trinajstić information content (AvgIpc) is 3.24. The molecule has 0 spiro atoms. The molecule has 1 aliphatic rings. The first kappa shape index (κ1) is 25.8. The fourth-order valence-electron chi connectivity index (χ4n) is 3.72. The quantitative estimate of drug-likeness (QED) is 0.473. The molecule has 1 atom stereocenters. The highest BCUT2D eigenvalue weighted by molar-refractivity contribution is 7.91. The standard InChI is InChI=1S/C19H21F6N5O3S/c1-4-34(32,33)16-13-6-5-11(18(20,21)22)8-30(13)28-15(16)17-27-12(10(2)29(17)3)7-14(26-9-31)19(23,24)25/h7,9,11H,4-6,8H2,1-3H3,(H,26,31)/b14-7-. The van der Waals surface area contributed by atoms with E-state index < -0.39 is 40.3 Å². The van der Waals surface area contributed by atoms with E-state index in [9.17, 15) is 39.6 Å². The number of fused-ring (bicyclic) bond motifs is 1. The maximum atomic E-state index is 13.3. The number of alkyl halides is 6. The molecule has 0 aliphatic carbocycles. The third-order valence-corrected chi connectivity index (χ3v) is 7.53. The van der Waals surface area contributed by atoms with Crippen LogP contribution in [0.4, 0.5) is 26.3 Å². The Labute approximate surface area is 190 Å². The second-order valence-corrected chi connectivity index (χ2v) is 9.99. The van der Waals surface area contributed by atoms with Gasteiger partial charge in [-0.1, -0.05) is 6.92 Å². The number of nitrogens with zero attached hydrogens (tertiary/aromatic N) is 4. The summed E-state index contributed by atoms with van der Waals surface area (Å²) in [5, 5.41) is 5.67. The Balaban J connectivity index is 2.22. The van der Waals surface area contributed by atoms with Crippen LogP contribution in [0.1, 0.15) is 30.4 Å². The molecule has 0 radical (unpaired) electrons. The summed E-state index contributed by atoms with van der Waals surface area (Å²) >= 11 is 0. The summed E-state index contributed by atoms with van der Waals surface area (Å²) in [5.74, 6) is -2.21. The highest BCUT2D eigenvalue weighted by Gasteiger charge is 2.44. The minimum Gasteiger partial charge on any atom is -0.329 e. The number of hydrogen-bond donors (Lipinski definition) is 1. The molecule has 1 amide bonds. The van der Waals surface area contributed by atoms with Crippen molar-refractivity contribution in [2.45, 2.75) is 50.5 Å². The lowest BCUT2D eigenvalue weighted by atomic mass is 9.98. The number of carbonyl (C=O) groups excluding carboxylic acids is 1. The summed E-state index contributed by atoms with van der Waals surface area (Å²) < 4.78 is 107. The van der Waals surface area contributed by atoms with Gasteiger partial charge in [-0.3, -0.25) is 9.48 Å². The molecule has 188 valence electrons. The number of aromatic nitrogens is 4. The smallest absolute Gasteiger partial charge is 0.329 e. The van der Waals surface area contributed by atoms with Crippen molar-refractivity contribution < 1.29 is 39.6 Å². The van der Waals surface area contributed by atoms with Gasteiger partial charge in [0.25, 0.3) is 0 Å². The van der Waals surface area contributed by atoms with Gasteiger partial charge in [0.15, 0.2) is 15.7 Å². The monoisotopic (exact) mass is 513 g/mol. The Morgan fingerprint density at radius 1 is 1.24 bits per heavy atom. The van der Waals surface area contributed by atoms with Crippen molar-refractivity contribution in [3.05, 3.63) is 22.8 Å². The van der Waals surface area contributed by atoms with E-state index in [0.717, 1.165) is 4.68 Å². The zero-order valence-corrected chi connectivity index (χ0v) is 19.1. The Kier molecular flexibility index (Phi) is 6.63. The zero-order chi connectivity index (χ0) is 25.6. The van der Waals surface area contributed by atoms with Gasteiger partial charge in [-0.2, -0.15) is 31.4 Å². The predicted molar refractivity (Wildman–Crippen MR) is 108 cm³/mol. The largest absolute Gasteiger partial charge is 0.431 e. The summed E-state index contributed by atoms with van der Waals surface area (Å²) in [6.07, 6.45) is -9.47. The molecule has 34 heavy (non-hydrogen) atoms. The molecule has 2 aromatic heterocycles. The topological polar surface area (TPSA) is 98.9 Å². The van der Waals surface area contributed by atoms with E-state index in [1.807, 2.05) is 0 Å². The zero-order valence-electron chi connectivity index (χ0n) is 18.3. The van der Waals surface area contributed by atoms with Crippen LogP contribution in [0.5, 0.6) is 0 Å². The number of rotatable bonds is 6. The summed E-state index contributed by atoms with van der Waals surface area (Å²) in [6, 6.07) is 0. The van der Waals surface area contributed by atoms with Crippen LogP contribution in [0.15, 0.2) is 10.6 Å². The van der Waals surface area contributed by atoms with Gasteiger partial charge in [0.05, 0.1) is 29.6 Å². The summed E-state index contributed by atoms with van der Waals surface area (Å²) in [7, 11) is -2.56. The lowest BCUT2D eigenvalue weighted by molar-refractivity contribution is -0.182. The minimum absolute atomic E-state index is 0.105. The average molecular weight is 513 g/mol. The maximum absolute atomic E-state index is 13.3. The SMILES string of the molecule is CCS(=O)(=O)c1c(-c2nc(/C=C(\NC=O)C(F)(F)F)c(C)n2C)nn2c1CCC(C(F)(F)F)C2. The van der Waals surface area contributed by atoms with Crippen molar-refractivity contribution in [1.29, 1.82) is 0 Å². The first-order valence-corrected chi connectivity index (χ1v) is 11.7. The molecule has 0 aromatic carbocycles. The van der Waals surface area contributed by atoms with Gasteiger partial charge >= 0.3 is 12.4 Å². The second kappa shape index (κ2) is 8.74. The van der Waals surface area contributed by atoms with Crippen LogP contribution in [0.2, 0.25) is 0 Å². The summed E-state index contributed by atoms with van der Waals surface area (Å²) in [5.41, 5.74) is -1.56. The third-order valence-electron chi connectivity index (χ3n) is 5.72. The van der Waals surface area contributed by atoms with E-state index in [4.69, 9.17) is 0 Å². The van der Waals surface area contributed by atoms with Gasteiger partial charge in [-0.05, 0) is 25.8 Å². The van der Waals surface area contributed by atoms with Crippen LogP contribution in [0, 0.1) is 12.8 Å². The molecule has 0 fully saturated rings. The minimum atomic E-state index is -4.90. The molecule has 0 saturated heterocycles. The van der Waals surface area contributed by atoms with Gasteiger partial charge in [-0.25, -0.2) is 13.4 Å². The van der Waals surface area contributed by atoms with Crippen molar-refractivity contribution in [3.63, 3.8) is 0 Å². The molecule has 0 bridgehead atoms. The Morgan fingerprint density at radius 3 is 2.41 bits per heavy atom. The Bertz CT molecular complexity index is 1240. The highest BCUT2D eigenvalue weighted by Crippen LogP contribution is 2.39. The van der Waals surface area contributed by atoms with E-state index in [1.165, 1.54) is 25.5 Å². The van der Waals surface area contributed by atoms with Crippen molar-refractivity contribution in [2.24, 2.45) is 13.0 Å². The lowest BCUT2D eigenvalue weighted by Crippen LogP contribution is -2.32. The van der Waals surface area contributed by atoms with E-state index >= 15 is 0 Å². The molecular formula is C19H21F6N5O3S. The van der Waals surface area contributed by atoms with Gasteiger partial charge in [-0.15, -0.1) is 0 Å².